The summed E-state index contributed by atoms with van der Waals surface area (Å²) in [7, 11) is 0. The van der Waals surface area contributed by atoms with E-state index in [1.54, 1.807) is 4.90 Å². The summed E-state index contributed by atoms with van der Waals surface area (Å²) in [6.45, 7) is 2.82. The van der Waals surface area contributed by atoms with E-state index >= 15 is 0 Å². The van der Waals surface area contributed by atoms with Gasteiger partial charge in [-0.3, -0.25) is 4.79 Å². The van der Waals surface area contributed by atoms with Crippen molar-refractivity contribution in [2.75, 3.05) is 6.54 Å². The number of nitrogens with zero attached hydrogens (tertiary/aromatic N) is 1. The Morgan fingerprint density at radius 3 is 2.75 bits per heavy atom. The summed E-state index contributed by atoms with van der Waals surface area (Å²) in [5.41, 5.74) is 2.66. The molecule has 2 heterocycles. The van der Waals surface area contributed by atoms with E-state index in [0.29, 0.717) is 6.54 Å². The first kappa shape index (κ1) is 16.3. The monoisotopic (exact) mass is 326 g/mol. The minimum atomic E-state index is -0.297. The number of hydrogen-bond acceptors (Lipinski definition) is 3. The van der Waals surface area contributed by atoms with Gasteiger partial charge in [-0.1, -0.05) is 30.3 Å². The predicted molar refractivity (Wildman–Crippen MR) is 91.7 cm³/mol. The van der Waals surface area contributed by atoms with E-state index in [1.165, 1.54) is 6.07 Å². The number of hydrogen-bond donors (Lipinski definition) is 1. The molecule has 1 aliphatic rings. The molecule has 0 bridgehead atoms. The van der Waals surface area contributed by atoms with Gasteiger partial charge in [-0.25, -0.2) is 4.79 Å². The second-order valence-electron chi connectivity index (χ2n) is 6.15. The number of ether oxygens (including phenoxy) is 1. The average molecular weight is 326 g/mol. The van der Waals surface area contributed by atoms with Crippen molar-refractivity contribution in [3.05, 3.63) is 69.6 Å². The highest BCUT2D eigenvalue weighted by Crippen LogP contribution is 2.32. The van der Waals surface area contributed by atoms with Gasteiger partial charge in [-0.2, -0.15) is 0 Å². The van der Waals surface area contributed by atoms with Crippen LogP contribution in [0.5, 0.6) is 0 Å². The molecule has 1 aliphatic heterocycles. The summed E-state index contributed by atoms with van der Waals surface area (Å²) in [4.78, 5) is 28.6. The number of aryl methyl sites for hydroxylation is 1. The predicted octanol–water partition coefficient (Wildman–Crippen LogP) is 3.55. The van der Waals surface area contributed by atoms with E-state index < -0.39 is 0 Å². The summed E-state index contributed by atoms with van der Waals surface area (Å²) < 4.78 is 5.50. The number of benzene rings is 1. The van der Waals surface area contributed by atoms with Crippen LogP contribution >= 0.6 is 0 Å². The van der Waals surface area contributed by atoms with Crippen LogP contribution in [-0.2, 0) is 11.3 Å². The average Bonchev–Trinajstić information content (AvgIpc) is 2.61. The number of aromatic amines is 1. The SMILES string of the molecule is Cc1[nH]c(=O)ccc1C1CCCCN1C(=O)OCc1ccccc1. The Morgan fingerprint density at radius 2 is 2.00 bits per heavy atom. The molecular formula is C19H22N2O3. The molecule has 1 aromatic heterocycles. The minimum absolute atomic E-state index is 0.0427. The summed E-state index contributed by atoms with van der Waals surface area (Å²) in [5, 5.41) is 0. The van der Waals surface area contributed by atoms with Crippen molar-refractivity contribution >= 4 is 6.09 Å². The molecule has 1 aromatic carbocycles. The smallest absolute Gasteiger partial charge is 0.410 e. The fourth-order valence-electron chi connectivity index (χ4n) is 3.23. The normalized spacial score (nSPS) is 17.5. The number of carbonyl (C=O) groups excluding carboxylic acids is 1. The summed E-state index contributed by atoms with van der Waals surface area (Å²) in [5.74, 6) is 0. The van der Waals surface area contributed by atoms with Crippen molar-refractivity contribution in [2.45, 2.75) is 38.8 Å². The fourth-order valence-corrected chi connectivity index (χ4v) is 3.23. The Morgan fingerprint density at radius 1 is 1.21 bits per heavy atom. The number of H-pyrrole nitrogens is 1. The highest BCUT2D eigenvalue weighted by Gasteiger charge is 2.30. The van der Waals surface area contributed by atoms with Crippen LogP contribution in [0.25, 0.3) is 0 Å². The van der Waals surface area contributed by atoms with Gasteiger partial charge in [0.05, 0.1) is 6.04 Å². The molecule has 1 atom stereocenters. The standard InChI is InChI=1S/C19H22N2O3/c1-14-16(10-11-18(22)20-14)17-9-5-6-12-21(17)19(23)24-13-15-7-3-2-4-8-15/h2-4,7-8,10-11,17H,5-6,9,12-13H2,1H3,(H,20,22). The summed E-state index contributed by atoms with van der Waals surface area (Å²) in [6, 6.07) is 13.0. The highest BCUT2D eigenvalue weighted by molar-refractivity contribution is 5.68. The van der Waals surface area contributed by atoms with E-state index in [0.717, 1.165) is 36.1 Å². The Kier molecular flexibility index (Phi) is 4.99. The van der Waals surface area contributed by atoms with Gasteiger partial charge in [0, 0.05) is 18.3 Å². The molecule has 126 valence electrons. The molecule has 3 rings (SSSR count). The van der Waals surface area contributed by atoms with E-state index in [1.807, 2.05) is 43.3 Å². The van der Waals surface area contributed by atoms with Gasteiger partial charge in [0.1, 0.15) is 6.61 Å². The quantitative estimate of drug-likeness (QED) is 0.938. The van der Waals surface area contributed by atoms with E-state index in [-0.39, 0.29) is 24.3 Å². The van der Waals surface area contributed by atoms with Gasteiger partial charge >= 0.3 is 6.09 Å². The molecule has 0 spiro atoms. The Labute approximate surface area is 141 Å². The van der Waals surface area contributed by atoms with Crippen LogP contribution in [0.4, 0.5) is 4.79 Å². The molecule has 24 heavy (non-hydrogen) atoms. The Balaban J connectivity index is 1.74. The zero-order valence-electron chi connectivity index (χ0n) is 13.8. The minimum Gasteiger partial charge on any atom is -0.445 e. The zero-order chi connectivity index (χ0) is 16.9. The number of rotatable bonds is 3. The maximum atomic E-state index is 12.6. The zero-order valence-corrected chi connectivity index (χ0v) is 13.8. The van der Waals surface area contributed by atoms with Crippen LogP contribution in [0.1, 0.15) is 42.1 Å². The van der Waals surface area contributed by atoms with Gasteiger partial charge in [0.2, 0.25) is 5.56 Å². The molecule has 1 N–H and O–H groups in total. The first-order chi connectivity index (χ1) is 11.6. The first-order valence-electron chi connectivity index (χ1n) is 8.32. The molecule has 2 aromatic rings. The molecule has 1 saturated heterocycles. The lowest BCUT2D eigenvalue weighted by molar-refractivity contribution is 0.0677. The fraction of sp³-hybridized carbons (Fsp3) is 0.368. The van der Waals surface area contributed by atoms with E-state index in [2.05, 4.69) is 4.98 Å². The summed E-state index contributed by atoms with van der Waals surface area (Å²) in [6.07, 6.45) is 2.62. The molecule has 5 nitrogen and oxygen atoms in total. The van der Waals surface area contributed by atoms with Crippen LogP contribution in [-0.4, -0.2) is 22.5 Å². The first-order valence-corrected chi connectivity index (χ1v) is 8.32. The lowest BCUT2D eigenvalue weighted by Gasteiger charge is -2.35. The largest absolute Gasteiger partial charge is 0.445 e. The number of pyridine rings is 1. The lowest BCUT2D eigenvalue weighted by atomic mass is 9.95. The second-order valence-corrected chi connectivity index (χ2v) is 6.15. The summed E-state index contributed by atoms with van der Waals surface area (Å²) >= 11 is 0. The van der Waals surface area contributed by atoms with Crippen molar-refractivity contribution < 1.29 is 9.53 Å². The van der Waals surface area contributed by atoms with E-state index in [9.17, 15) is 9.59 Å². The van der Waals surface area contributed by atoms with Crippen LogP contribution in [0.3, 0.4) is 0 Å². The van der Waals surface area contributed by atoms with Crippen molar-refractivity contribution in [3.63, 3.8) is 0 Å². The number of nitrogens with one attached hydrogen (secondary N) is 1. The van der Waals surface area contributed by atoms with Crippen LogP contribution in [0, 0.1) is 6.92 Å². The number of amides is 1. The highest BCUT2D eigenvalue weighted by atomic mass is 16.6. The van der Waals surface area contributed by atoms with Crippen LogP contribution in [0.15, 0.2) is 47.3 Å². The van der Waals surface area contributed by atoms with Crippen molar-refractivity contribution in [3.8, 4) is 0 Å². The maximum Gasteiger partial charge on any atom is 0.410 e. The van der Waals surface area contributed by atoms with Gasteiger partial charge < -0.3 is 14.6 Å². The van der Waals surface area contributed by atoms with Gasteiger partial charge in [-0.05, 0) is 43.4 Å². The van der Waals surface area contributed by atoms with E-state index in [4.69, 9.17) is 4.74 Å². The number of carbonyl (C=O) groups is 1. The third-order valence-corrected chi connectivity index (χ3v) is 4.46. The molecule has 0 radical (unpaired) electrons. The molecule has 1 unspecified atom stereocenters. The number of piperidine rings is 1. The molecule has 0 saturated carbocycles. The Hall–Kier alpha value is -2.56. The second kappa shape index (κ2) is 7.34. The molecule has 5 heteroatoms. The maximum absolute atomic E-state index is 12.6. The molecule has 0 aliphatic carbocycles. The number of likely N-dealkylation sites (tertiary alicyclic amines) is 1. The molecular weight excluding hydrogens is 304 g/mol. The molecule has 1 fully saturated rings. The lowest BCUT2D eigenvalue weighted by Crippen LogP contribution is -2.39. The van der Waals surface area contributed by atoms with Crippen molar-refractivity contribution in [2.24, 2.45) is 0 Å². The topological polar surface area (TPSA) is 62.4 Å². The molecule has 1 amide bonds. The Bertz CT molecular complexity index is 755. The van der Waals surface area contributed by atoms with Crippen molar-refractivity contribution in [1.29, 1.82) is 0 Å². The number of aromatic nitrogens is 1. The van der Waals surface area contributed by atoms with Crippen molar-refractivity contribution in [1.82, 2.24) is 9.88 Å². The third kappa shape index (κ3) is 3.67. The van der Waals surface area contributed by atoms with Gasteiger partial charge in [-0.15, -0.1) is 0 Å². The van der Waals surface area contributed by atoms with Crippen LogP contribution < -0.4 is 5.56 Å². The van der Waals surface area contributed by atoms with Crippen LogP contribution in [0.2, 0.25) is 0 Å². The third-order valence-electron chi connectivity index (χ3n) is 4.46. The van der Waals surface area contributed by atoms with Gasteiger partial charge in [0.25, 0.3) is 0 Å². The van der Waals surface area contributed by atoms with Gasteiger partial charge in [0.15, 0.2) is 0 Å².